The van der Waals surface area contributed by atoms with Crippen LogP contribution in [0.3, 0.4) is 0 Å². The van der Waals surface area contributed by atoms with Crippen molar-refractivity contribution in [2.45, 2.75) is 44.6 Å². The molecule has 2 rings (SSSR count). The summed E-state index contributed by atoms with van der Waals surface area (Å²) in [5, 5.41) is 13.9. The van der Waals surface area contributed by atoms with Gasteiger partial charge in [0.25, 0.3) is 0 Å². The highest BCUT2D eigenvalue weighted by Crippen LogP contribution is 2.22. The van der Waals surface area contributed by atoms with Crippen LogP contribution in [0.25, 0.3) is 0 Å². The molecule has 6 nitrogen and oxygen atoms in total. The fraction of sp³-hybridized carbons (Fsp3) is 0.643. The molecule has 1 fully saturated rings. The molecule has 0 spiro atoms. The Morgan fingerprint density at radius 3 is 2.86 bits per heavy atom. The number of carbonyl (C=O) groups is 2. The van der Waals surface area contributed by atoms with Gasteiger partial charge in [0, 0.05) is 24.4 Å². The number of carboxylic acid groups (broad SMARTS) is 1. The van der Waals surface area contributed by atoms with Crippen LogP contribution in [-0.4, -0.2) is 34.6 Å². The second kappa shape index (κ2) is 7.51. The fourth-order valence-electron chi connectivity index (χ4n) is 2.61. The molecule has 0 saturated heterocycles. The number of aromatic nitrogens is 1. The summed E-state index contributed by atoms with van der Waals surface area (Å²) in [5.74, 6) is -1.11. The molecule has 1 aromatic rings. The maximum Gasteiger partial charge on any atom is 0.355 e. The standard InChI is InChI=1S/C14H21N3O3S/c15-10-5-3-1-2-4-9(10)13(18)16-7-6-12-17-11(8-21-12)14(19)20/h8-10H,1-7,15H2,(H,16,18)(H,19,20). The zero-order valence-corrected chi connectivity index (χ0v) is 12.7. The third-order valence-corrected chi connectivity index (χ3v) is 4.72. The van der Waals surface area contributed by atoms with Gasteiger partial charge in [0.1, 0.15) is 0 Å². The van der Waals surface area contributed by atoms with E-state index in [0.29, 0.717) is 13.0 Å². The third kappa shape index (κ3) is 4.50. The quantitative estimate of drug-likeness (QED) is 0.713. The molecule has 0 aromatic carbocycles. The molecule has 2 unspecified atom stereocenters. The van der Waals surface area contributed by atoms with E-state index in [1.165, 1.54) is 16.7 Å². The van der Waals surface area contributed by atoms with E-state index in [1.54, 1.807) is 0 Å². The average Bonchev–Trinajstić information content (AvgIpc) is 2.81. The Hall–Kier alpha value is -1.47. The normalized spacial score (nSPS) is 22.5. The molecule has 21 heavy (non-hydrogen) atoms. The van der Waals surface area contributed by atoms with Gasteiger partial charge in [-0.15, -0.1) is 11.3 Å². The molecule has 4 N–H and O–H groups in total. The predicted octanol–water partition coefficient (Wildman–Crippen LogP) is 1.41. The molecule has 7 heteroatoms. The summed E-state index contributed by atoms with van der Waals surface area (Å²) in [7, 11) is 0. The molecule has 2 atom stereocenters. The average molecular weight is 311 g/mol. The Kier molecular flexibility index (Phi) is 5.69. The number of carbonyl (C=O) groups excluding carboxylic acids is 1. The Balaban J connectivity index is 1.79. The Morgan fingerprint density at radius 2 is 2.14 bits per heavy atom. The molecule has 0 aliphatic heterocycles. The van der Waals surface area contributed by atoms with Crippen LogP contribution in [0, 0.1) is 5.92 Å². The van der Waals surface area contributed by atoms with Gasteiger partial charge >= 0.3 is 5.97 Å². The van der Waals surface area contributed by atoms with Gasteiger partial charge in [0.05, 0.1) is 10.9 Å². The fourth-order valence-corrected chi connectivity index (χ4v) is 3.38. The van der Waals surface area contributed by atoms with Gasteiger partial charge in [-0.3, -0.25) is 4.79 Å². The number of nitrogens with zero attached hydrogens (tertiary/aromatic N) is 1. The highest BCUT2D eigenvalue weighted by Gasteiger charge is 2.26. The zero-order chi connectivity index (χ0) is 15.2. The molecule has 1 saturated carbocycles. The number of nitrogens with two attached hydrogens (primary N) is 1. The number of carboxylic acids is 1. The molecule has 116 valence electrons. The van der Waals surface area contributed by atoms with Gasteiger partial charge in [-0.25, -0.2) is 9.78 Å². The first kappa shape index (κ1) is 15.9. The van der Waals surface area contributed by atoms with Crippen molar-refractivity contribution in [3.63, 3.8) is 0 Å². The number of amides is 1. The lowest BCUT2D eigenvalue weighted by Crippen LogP contribution is -2.41. The van der Waals surface area contributed by atoms with Crippen LogP contribution < -0.4 is 11.1 Å². The van der Waals surface area contributed by atoms with Crippen LogP contribution in [0.1, 0.15) is 47.6 Å². The highest BCUT2D eigenvalue weighted by molar-refractivity contribution is 7.09. The molecule has 1 aliphatic carbocycles. The number of aromatic carboxylic acids is 1. The van der Waals surface area contributed by atoms with Crippen molar-refractivity contribution in [2.75, 3.05) is 6.54 Å². The minimum atomic E-state index is -1.02. The lowest BCUT2D eigenvalue weighted by Gasteiger charge is -2.20. The van der Waals surface area contributed by atoms with Crippen molar-refractivity contribution in [2.24, 2.45) is 11.7 Å². The van der Waals surface area contributed by atoms with Crippen LogP contribution in [0.15, 0.2) is 5.38 Å². The monoisotopic (exact) mass is 311 g/mol. The molecular weight excluding hydrogens is 290 g/mol. The minimum absolute atomic E-state index is 0.0133. The summed E-state index contributed by atoms with van der Waals surface area (Å²) in [6.07, 6.45) is 5.61. The summed E-state index contributed by atoms with van der Waals surface area (Å²) in [6.45, 7) is 0.467. The molecule has 1 aliphatic rings. The van der Waals surface area contributed by atoms with Crippen molar-refractivity contribution in [3.8, 4) is 0 Å². The zero-order valence-electron chi connectivity index (χ0n) is 11.9. The molecule has 0 radical (unpaired) electrons. The highest BCUT2D eigenvalue weighted by atomic mass is 32.1. The second-order valence-electron chi connectivity index (χ2n) is 5.38. The molecule has 1 amide bonds. The first-order chi connectivity index (χ1) is 10.1. The van der Waals surface area contributed by atoms with E-state index < -0.39 is 5.97 Å². The largest absolute Gasteiger partial charge is 0.476 e. The van der Waals surface area contributed by atoms with Gasteiger partial charge in [-0.2, -0.15) is 0 Å². The van der Waals surface area contributed by atoms with Crippen molar-refractivity contribution < 1.29 is 14.7 Å². The lowest BCUT2D eigenvalue weighted by molar-refractivity contribution is -0.125. The summed E-state index contributed by atoms with van der Waals surface area (Å²) >= 11 is 1.30. The molecule has 0 bridgehead atoms. The Labute approximate surface area is 127 Å². The minimum Gasteiger partial charge on any atom is -0.476 e. The molecule has 1 heterocycles. The molecular formula is C14H21N3O3S. The molecule has 1 aromatic heterocycles. The van der Waals surface area contributed by atoms with E-state index in [2.05, 4.69) is 10.3 Å². The first-order valence-electron chi connectivity index (χ1n) is 7.29. The second-order valence-corrected chi connectivity index (χ2v) is 6.32. The van der Waals surface area contributed by atoms with E-state index in [9.17, 15) is 9.59 Å². The van der Waals surface area contributed by atoms with E-state index in [-0.39, 0.29) is 23.6 Å². The van der Waals surface area contributed by atoms with Crippen molar-refractivity contribution in [1.82, 2.24) is 10.3 Å². The van der Waals surface area contributed by atoms with Crippen LogP contribution in [0.5, 0.6) is 0 Å². The van der Waals surface area contributed by atoms with Gasteiger partial charge in [0.2, 0.25) is 5.91 Å². The van der Waals surface area contributed by atoms with E-state index in [1.807, 2.05) is 0 Å². The van der Waals surface area contributed by atoms with Crippen LogP contribution in [0.4, 0.5) is 0 Å². The maximum absolute atomic E-state index is 12.2. The van der Waals surface area contributed by atoms with Crippen LogP contribution >= 0.6 is 11.3 Å². The van der Waals surface area contributed by atoms with Crippen LogP contribution in [-0.2, 0) is 11.2 Å². The number of thiazole rings is 1. The number of nitrogens with one attached hydrogen (secondary N) is 1. The van der Waals surface area contributed by atoms with Crippen molar-refractivity contribution in [3.05, 3.63) is 16.1 Å². The summed E-state index contributed by atoms with van der Waals surface area (Å²) in [4.78, 5) is 26.9. The maximum atomic E-state index is 12.2. The third-order valence-electron chi connectivity index (χ3n) is 3.82. The number of hydrogen-bond acceptors (Lipinski definition) is 5. The van der Waals surface area contributed by atoms with Gasteiger partial charge < -0.3 is 16.2 Å². The van der Waals surface area contributed by atoms with E-state index in [4.69, 9.17) is 10.8 Å². The Morgan fingerprint density at radius 1 is 1.38 bits per heavy atom. The van der Waals surface area contributed by atoms with Crippen molar-refractivity contribution in [1.29, 1.82) is 0 Å². The first-order valence-corrected chi connectivity index (χ1v) is 8.17. The summed E-state index contributed by atoms with van der Waals surface area (Å²) in [6, 6.07) is -0.0500. The smallest absolute Gasteiger partial charge is 0.355 e. The predicted molar refractivity (Wildman–Crippen MR) is 80.3 cm³/mol. The SMILES string of the molecule is NC1CCCCCC1C(=O)NCCc1nc(C(=O)O)cs1. The number of hydrogen-bond donors (Lipinski definition) is 3. The van der Waals surface area contributed by atoms with Gasteiger partial charge in [-0.1, -0.05) is 19.3 Å². The van der Waals surface area contributed by atoms with E-state index >= 15 is 0 Å². The van der Waals surface area contributed by atoms with E-state index in [0.717, 1.165) is 37.1 Å². The summed E-state index contributed by atoms with van der Waals surface area (Å²) in [5.41, 5.74) is 6.13. The summed E-state index contributed by atoms with van der Waals surface area (Å²) < 4.78 is 0. The number of rotatable bonds is 5. The van der Waals surface area contributed by atoms with Crippen LogP contribution in [0.2, 0.25) is 0 Å². The van der Waals surface area contributed by atoms with Crippen molar-refractivity contribution >= 4 is 23.2 Å². The lowest BCUT2D eigenvalue weighted by atomic mass is 9.94. The van der Waals surface area contributed by atoms with Gasteiger partial charge in [0.15, 0.2) is 5.69 Å². The van der Waals surface area contributed by atoms with Gasteiger partial charge in [-0.05, 0) is 12.8 Å². The topological polar surface area (TPSA) is 105 Å². The Bertz CT molecular complexity index is 503.